The summed E-state index contributed by atoms with van der Waals surface area (Å²) in [7, 11) is 0. The van der Waals surface area contributed by atoms with Crippen molar-refractivity contribution in [2.75, 3.05) is 26.2 Å². The molecule has 0 bridgehead atoms. The summed E-state index contributed by atoms with van der Waals surface area (Å²) in [4.78, 5) is 30.3. The van der Waals surface area contributed by atoms with Gasteiger partial charge in [-0.3, -0.25) is 9.59 Å². The van der Waals surface area contributed by atoms with Crippen molar-refractivity contribution in [3.8, 4) is 0 Å². The van der Waals surface area contributed by atoms with Crippen LogP contribution in [0.1, 0.15) is 48.4 Å². The van der Waals surface area contributed by atoms with Crippen LogP contribution in [0.3, 0.4) is 0 Å². The van der Waals surface area contributed by atoms with E-state index < -0.39 is 5.41 Å². The molecule has 29 heavy (non-hydrogen) atoms. The summed E-state index contributed by atoms with van der Waals surface area (Å²) < 4.78 is 5.39. The predicted molar refractivity (Wildman–Crippen MR) is 112 cm³/mol. The van der Waals surface area contributed by atoms with Gasteiger partial charge in [0.1, 0.15) is 0 Å². The smallest absolute Gasteiger partial charge is 0.289 e. The second-order valence-electron chi connectivity index (χ2n) is 8.58. The Labute approximate surface area is 172 Å². The zero-order valence-electron chi connectivity index (χ0n) is 17.6. The van der Waals surface area contributed by atoms with Crippen LogP contribution in [-0.2, 0) is 10.2 Å². The number of nitrogens with zero attached hydrogens (tertiary/aromatic N) is 2. The van der Waals surface area contributed by atoms with E-state index in [1.54, 1.807) is 12.3 Å². The van der Waals surface area contributed by atoms with Crippen LogP contribution in [0.2, 0.25) is 0 Å². The first kappa shape index (κ1) is 19.7. The molecule has 0 spiro atoms. The minimum atomic E-state index is -0.457. The lowest BCUT2D eigenvalue weighted by Crippen LogP contribution is -2.46. The van der Waals surface area contributed by atoms with Crippen molar-refractivity contribution < 1.29 is 14.0 Å². The van der Waals surface area contributed by atoms with Crippen LogP contribution in [0.25, 0.3) is 0 Å². The summed E-state index contributed by atoms with van der Waals surface area (Å²) in [6, 6.07) is 12.0. The van der Waals surface area contributed by atoms with Gasteiger partial charge in [-0.2, -0.15) is 0 Å². The average molecular weight is 395 g/mol. The van der Waals surface area contributed by atoms with Gasteiger partial charge in [-0.15, -0.1) is 0 Å². The Bertz CT molecular complexity index is 871. The quantitative estimate of drug-likeness (QED) is 0.773. The van der Waals surface area contributed by atoms with Gasteiger partial charge in [-0.25, -0.2) is 0 Å². The van der Waals surface area contributed by atoms with Gasteiger partial charge in [0, 0.05) is 38.0 Å². The number of carbonyl (C=O) groups is 2. The molecule has 1 aromatic heterocycles. The molecular weight excluding hydrogens is 364 g/mol. The second-order valence-corrected chi connectivity index (χ2v) is 8.58. The molecule has 0 aliphatic carbocycles. The maximum absolute atomic E-state index is 13.6. The van der Waals surface area contributed by atoms with Crippen molar-refractivity contribution in [1.82, 2.24) is 9.80 Å². The second kappa shape index (κ2) is 7.69. The Morgan fingerprint density at radius 2 is 1.59 bits per heavy atom. The van der Waals surface area contributed by atoms with E-state index >= 15 is 0 Å². The Balaban J connectivity index is 1.46. The van der Waals surface area contributed by atoms with Crippen LogP contribution in [0.4, 0.5) is 0 Å². The molecule has 154 valence electrons. The van der Waals surface area contributed by atoms with E-state index in [4.69, 9.17) is 4.42 Å². The molecule has 5 heteroatoms. The molecule has 1 aromatic carbocycles. The molecule has 0 N–H and O–H groups in total. The van der Waals surface area contributed by atoms with E-state index in [-0.39, 0.29) is 11.8 Å². The minimum Gasteiger partial charge on any atom is -0.459 e. The third kappa shape index (κ3) is 3.37. The van der Waals surface area contributed by atoms with Crippen LogP contribution >= 0.6 is 0 Å². The number of fused-ring (bicyclic) bond motifs is 1. The molecule has 0 unspecified atom stereocenters. The average Bonchev–Trinajstić information content (AvgIpc) is 3.44. The van der Waals surface area contributed by atoms with Crippen molar-refractivity contribution in [2.24, 2.45) is 11.8 Å². The fourth-order valence-electron chi connectivity index (χ4n) is 5.17. The summed E-state index contributed by atoms with van der Waals surface area (Å²) in [6.45, 7) is 9.00. The third-order valence-corrected chi connectivity index (χ3v) is 6.94. The highest BCUT2D eigenvalue weighted by Crippen LogP contribution is 2.38. The molecule has 2 atom stereocenters. The van der Waals surface area contributed by atoms with Gasteiger partial charge in [0.2, 0.25) is 5.91 Å². The fraction of sp³-hybridized carbons (Fsp3) is 0.500. The van der Waals surface area contributed by atoms with Crippen molar-refractivity contribution in [2.45, 2.75) is 39.0 Å². The zero-order chi connectivity index (χ0) is 20.6. The van der Waals surface area contributed by atoms with E-state index in [1.807, 2.05) is 34.9 Å². The number of furan rings is 1. The van der Waals surface area contributed by atoms with Gasteiger partial charge in [-0.05, 0) is 37.0 Å². The maximum atomic E-state index is 13.6. The van der Waals surface area contributed by atoms with Gasteiger partial charge in [0.15, 0.2) is 5.76 Å². The monoisotopic (exact) mass is 394 g/mol. The van der Waals surface area contributed by atoms with Gasteiger partial charge < -0.3 is 14.2 Å². The number of carbonyl (C=O) groups excluding carboxylic acids is 2. The van der Waals surface area contributed by atoms with Crippen LogP contribution in [-0.4, -0.2) is 47.8 Å². The van der Waals surface area contributed by atoms with Gasteiger partial charge in [-0.1, -0.05) is 44.2 Å². The highest BCUT2D eigenvalue weighted by atomic mass is 16.3. The molecule has 2 amide bonds. The fourth-order valence-corrected chi connectivity index (χ4v) is 5.17. The molecule has 3 heterocycles. The maximum Gasteiger partial charge on any atom is 0.289 e. The molecule has 2 fully saturated rings. The van der Waals surface area contributed by atoms with Crippen LogP contribution in [0, 0.1) is 18.8 Å². The number of amides is 2. The molecule has 0 radical (unpaired) electrons. The third-order valence-electron chi connectivity index (χ3n) is 6.94. The SMILES string of the molecule is CCC(CC)(C(=O)N1C[C@H]2CN(C(=O)c3cc(C)co3)C[C@H]2C1)c1ccccc1. The van der Waals surface area contributed by atoms with Gasteiger partial charge in [0.05, 0.1) is 11.7 Å². The number of hydrogen-bond donors (Lipinski definition) is 0. The molecule has 2 saturated heterocycles. The van der Waals surface area contributed by atoms with E-state index in [9.17, 15) is 9.59 Å². The molecule has 2 aliphatic rings. The van der Waals surface area contributed by atoms with Crippen molar-refractivity contribution in [3.63, 3.8) is 0 Å². The molecule has 0 saturated carbocycles. The molecule has 2 aromatic rings. The molecule has 5 nitrogen and oxygen atoms in total. The molecule has 4 rings (SSSR count). The highest BCUT2D eigenvalue weighted by molar-refractivity contribution is 5.92. The Morgan fingerprint density at radius 3 is 2.10 bits per heavy atom. The number of hydrogen-bond acceptors (Lipinski definition) is 3. The summed E-state index contributed by atoms with van der Waals surface area (Å²) in [6.07, 6.45) is 3.20. The lowest BCUT2D eigenvalue weighted by atomic mass is 9.74. The van der Waals surface area contributed by atoms with Gasteiger partial charge in [0.25, 0.3) is 5.91 Å². The Kier molecular flexibility index (Phi) is 5.24. The van der Waals surface area contributed by atoms with E-state index in [1.165, 1.54) is 0 Å². The minimum absolute atomic E-state index is 0.0360. The standard InChI is InChI=1S/C24H30N2O3/c1-4-24(5-2,20-9-7-6-8-10-20)23(28)26-14-18-12-25(13-19(18)15-26)22(27)21-11-17(3)16-29-21/h6-11,16,18-19H,4-5,12-15H2,1-3H3/t18-,19+. The summed E-state index contributed by atoms with van der Waals surface area (Å²) in [5, 5.41) is 0. The lowest BCUT2D eigenvalue weighted by molar-refractivity contribution is -0.137. The number of likely N-dealkylation sites (tertiary alicyclic amines) is 2. The summed E-state index contributed by atoms with van der Waals surface area (Å²) >= 11 is 0. The first-order valence-corrected chi connectivity index (χ1v) is 10.7. The highest BCUT2D eigenvalue weighted by Gasteiger charge is 2.48. The topological polar surface area (TPSA) is 53.8 Å². The van der Waals surface area contributed by atoms with Crippen LogP contribution in [0.5, 0.6) is 0 Å². The summed E-state index contributed by atoms with van der Waals surface area (Å²) in [5.74, 6) is 1.31. The van der Waals surface area contributed by atoms with Gasteiger partial charge >= 0.3 is 0 Å². The van der Waals surface area contributed by atoms with Crippen molar-refractivity contribution in [1.29, 1.82) is 0 Å². The van der Waals surface area contributed by atoms with E-state index in [0.717, 1.165) is 37.1 Å². The van der Waals surface area contributed by atoms with Crippen LogP contribution < -0.4 is 0 Å². The Morgan fingerprint density at radius 1 is 1.00 bits per heavy atom. The van der Waals surface area contributed by atoms with Crippen molar-refractivity contribution in [3.05, 3.63) is 59.5 Å². The predicted octanol–water partition coefficient (Wildman–Crippen LogP) is 3.88. The first-order chi connectivity index (χ1) is 14.0. The van der Waals surface area contributed by atoms with Crippen LogP contribution in [0.15, 0.2) is 47.1 Å². The van der Waals surface area contributed by atoms with E-state index in [2.05, 4.69) is 26.0 Å². The first-order valence-electron chi connectivity index (χ1n) is 10.7. The number of benzene rings is 1. The summed E-state index contributed by atoms with van der Waals surface area (Å²) in [5.41, 5.74) is 1.61. The van der Waals surface area contributed by atoms with Crippen molar-refractivity contribution >= 4 is 11.8 Å². The normalized spacial score (nSPS) is 21.5. The largest absolute Gasteiger partial charge is 0.459 e. The number of aryl methyl sites for hydroxylation is 1. The number of rotatable bonds is 5. The Hall–Kier alpha value is -2.56. The lowest BCUT2D eigenvalue weighted by Gasteiger charge is -2.35. The van der Waals surface area contributed by atoms with E-state index in [0.29, 0.717) is 30.7 Å². The molecular formula is C24H30N2O3. The molecule has 2 aliphatic heterocycles. The zero-order valence-corrected chi connectivity index (χ0v) is 17.6.